The second kappa shape index (κ2) is 11.0. The SMILES string of the molecule is CCCCCCNCC(C)(C)C.CO. The molecule has 0 aliphatic heterocycles. The largest absolute Gasteiger partial charge is 0.400 e. The molecule has 0 bridgehead atoms. The van der Waals surface area contributed by atoms with E-state index in [1.165, 1.54) is 32.2 Å². The van der Waals surface area contributed by atoms with Gasteiger partial charge in [-0.2, -0.15) is 0 Å². The highest BCUT2D eigenvalue weighted by Crippen LogP contribution is 2.10. The lowest BCUT2D eigenvalue weighted by Crippen LogP contribution is -2.27. The van der Waals surface area contributed by atoms with Crippen LogP contribution in [0.15, 0.2) is 0 Å². The predicted molar refractivity (Wildman–Crippen MR) is 64.6 cm³/mol. The Morgan fingerprint density at radius 3 is 2.00 bits per heavy atom. The van der Waals surface area contributed by atoms with Crippen LogP contribution in [-0.2, 0) is 0 Å². The topological polar surface area (TPSA) is 32.3 Å². The van der Waals surface area contributed by atoms with Crippen molar-refractivity contribution in [3.8, 4) is 0 Å². The average molecular weight is 203 g/mol. The first-order chi connectivity index (χ1) is 6.56. The molecule has 0 atom stereocenters. The molecule has 0 saturated carbocycles. The van der Waals surface area contributed by atoms with Crippen molar-refractivity contribution in [3.63, 3.8) is 0 Å². The summed E-state index contributed by atoms with van der Waals surface area (Å²) >= 11 is 0. The summed E-state index contributed by atoms with van der Waals surface area (Å²) in [5.74, 6) is 0. The molecule has 0 spiro atoms. The predicted octanol–water partition coefficient (Wildman–Crippen LogP) is 2.81. The molecular weight excluding hydrogens is 174 g/mol. The van der Waals surface area contributed by atoms with Crippen LogP contribution >= 0.6 is 0 Å². The molecule has 0 radical (unpaired) electrons. The summed E-state index contributed by atoms with van der Waals surface area (Å²) < 4.78 is 0. The van der Waals surface area contributed by atoms with Crippen molar-refractivity contribution in [1.29, 1.82) is 0 Å². The van der Waals surface area contributed by atoms with E-state index in [1.54, 1.807) is 0 Å². The van der Waals surface area contributed by atoms with Gasteiger partial charge in [0.05, 0.1) is 0 Å². The molecule has 0 heterocycles. The number of rotatable bonds is 6. The van der Waals surface area contributed by atoms with Gasteiger partial charge in [0.15, 0.2) is 0 Å². The van der Waals surface area contributed by atoms with E-state index in [2.05, 4.69) is 33.0 Å². The van der Waals surface area contributed by atoms with Gasteiger partial charge in [-0.25, -0.2) is 0 Å². The Morgan fingerprint density at radius 2 is 1.57 bits per heavy atom. The van der Waals surface area contributed by atoms with E-state index in [0.717, 1.165) is 13.7 Å². The normalized spacial score (nSPS) is 10.7. The Labute approximate surface area is 90.1 Å². The molecule has 0 saturated heterocycles. The Bertz CT molecular complexity index is 97.0. The van der Waals surface area contributed by atoms with Crippen LogP contribution < -0.4 is 5.32 Å². The molecule has 0 fully saturated rings. The first kappa shape index (κ1) is 16.4. The molecule has 0 unspecified atom stereocenters. The summed E-state index contributed by atoms with van der Waals surface area (Å²) in [5, 5.41) is 10.5. The van der Waals surface area contributed by atoms with Crippen LogP contribution in [0.25, 0.3) is 0 Å². The lowest BCUT2D eigenvalue weighted by molar-refractivity contribution is 0.377. The molecule has 2 heteroatoms. The fourth-order valence-corrected chi connectivity index (χ4v) is 1.14. The van der Waals surface area contributed by atoms with Crippen LogP contribution in [-0.4, -0.2) is 25.3 Å². The molecule has 88 valence electrons. The number of unbranched alkanes of at least 4 members (excludes halogenated alkanes) is 3. The van der Waals surface area contributed by atoms with Crippen molar-refractivity contribution in [2.24, 2.45) is 5.41 Å². The van der Waals surface area contributed by atoms with Gasteiger partial charge < -0.3 is 10.4 Å². The van der Waals surface area contributed by atoms with Gasteiger partial charge in [0, 0.05) is 7.11 Å². The van der Waals surface area contributed by atoms with Gasteiger partial charge in [0.25, 0.3) is 0 Å². The molecule has 0 aliphatic carbocycles. The molecule has 2 N–H and O–H groups in total. The molecule has 2 nitrogen and oxygen atoms in total. The van der Waals surface area contributed by atoms with Crippen molar-refractivity contribution in [3.05, 3.63) is 0 Å². The third-order valence-corrected chi connectivity index (χ3v) is 1.86. The second-order valence-corrected chi connectivity index (χ2v) is 4.80. The summed E-state index contributed by atoms with van der Waals surface area (Å²) in [5.41, 5.74) is 0.435. The molecule has 0 aromatic heterocycles. The van der Waals surface area contributed by atoms with Gasteiger partial charge in [-0.15, -0.1) is 0 Å². The van der Waals surface area contributed by atoms with E-state index in [-0.39, 0.29) is 0 Å². The first-order valence-corrected chi connectivity index (χ1v) is 5.71. The molecule has 14 heavy (non-hydrogen) atoms. The Kier molecular flexibility index (Phi) is 12.8. The highest BCUT2D eigenvalue weighted by atomic mass is 16.2. The Morgan fingerprint density at radius 1 is 1.00 bits per heavy atom. The Hall–Kier alpha value is -0.0800. The highest BCUT2D eigenvalue weighted by molar-refractivity contribution is 4.64. The molecular formula is C12H29NO. The second-order valence-electron chi connectivity index (χ2n) is 4.80. The van der Waals surface area contributed by atoms with Crippen molar-refractivity contribution < 1.29 is 5.11 Å². The lowest BCUT2D eigenvalue weighted by Gasteiger charge is -2.18. The lowest BCUT2D eigenvalue weighted by atomic mass is 9.97. The van der Waals surface area contributed by atoms with E-state index in [1.807, 2.05) is 0 Å². The van der Waals surface area contributed by atoms with Gasteiger partial charge in [0.2, 0.25) is 0 Å². The van der Waals surface area contributed by atoms with Crippen LogP contribution in [0.1, 0.15) is 53.4 Å². The zero-order valence-electron chi connectivity index (χ0n) is 10.7. The van der Waals surface area contributed by atoms with E-state index in [9.17, 15) is 0 Å². The van der Waals surface area contributed by atoms with E-state index in [4.69, 9.17) is 5.11 Å². The van der Waals surface area contributed by atoms with Gasteiger partial charge in [0.1, 0.15) is 0 Å². The van der Waals surface area contributed by atoms with Crippen molar-refractivity contribution in [2.75, 3.05) is 20.2 Å². The third-order valence-electron chi connectivity index (χ3n) is 1.86. The standard InChI is InChI=1S/C11H25N.CH4O/c1-5-6-7-8-9-12-10-11(2,3)4;1-2/h12H,5-10H2,1-4H3;2H,1H3. The van der Waals surface area contributed by atoms with E-state index in [0.29, 0.717) is 5.41 Å². The van der Waals surface area contributed by atoms with E-state index < -0.39 is 0 Å². The fourth-order valence-electron chi connectivity index (χ4n) is 1.14. The third kappa shape index (κ3) is 17.9. The fraction of sp³-hybridized carbons (Fsp3) is 1.00. The van der Waals surface area contributed by atoms with Crippen molar-refractivity contribution in [2.45, 2.75) is 53.4 Å². The number of hydrogen-bond donors (Lipinski definition) is 2. The zero-order valence-corrected chi connectivity index (χ0v) is 10.7. The quantitative estimate of drug-likeness (QED) is 0.651. The van der Waals surface area contributed by atoms with Gasteiger partial charge in [-0.05, 0) is 24.9 Å². The highest BCUT2D eigenvalue weighted by Gasteiger charge is 2.07. The van der Waals surface area contributed by atoms with Crippen LogP contribution in [0.3, 0.4) is 0 Å². The maximum absolute atomic E-state index is 7.00. The zero-order chi connectivity index (χ0) is 11.4. The summed E-state index contributed by atoms with van der Waals surface area (Å²) in [4.78, 5) is 0. The van der Waals surface area contributed by atoms with E-state index >= 15 is 0 Å². The van der Waals surface area contributed by atoms with Crippen molar-refractivity contribution in [1.82, 2.24) is 5.32 Å². The molecule has 0 aliphatic rings. The first-order valence-electron chi connectivity index (χ1n) is 5.71. The molecule has 0 rings (SSSR count). The smallest absolute Gasteiger partial charge is 0.0319 e. The van der Waals surface area contributed by atoms with Crippen LogP contribution in [0, 0.1) is 5.41 Å². The maximum atomic E-state index is 7.00. The summed E-state index contributed by atoms with van der Waals surface area (Å²) in [6.45, 7) is 11.4. The molecule has 0 aromatic carbocycles. The molecule has 0 amide bonds. The molecule has 0 aromatic rings. The monoisotopic (exact) mass is 203 g/mol. The van der Waals surface area contributed by atoms with Crippen molar-refractivity contribution >= 4 is 0 Å². The Balaban J connectivity index is 0. The number of aliphatic hydroxyl groups excluding tert-OH is 1. The van der Waals surface area contributed by atoms with Gasteiger partial charge in [-0.1, -0.05) is 47.0 Å². The summed E-state index contributed by atoms with van der Waals surface area (Å²) in [6, 6.07) is 0. The summed E-state index contributed by atoms with van der Waals surface area (Å²) in [7, 11) is 1.00. The van der Waals surface area contributed by atoms with Gasteiger partial charge in [-0.3, -0.25) is 0 Å². The number of hydrogen-bond acceptors (Lipinski definition) is 2. The number of nitrogens with one attached hydrogen (secondary N) is 1. The van der Waals surface area contributed by atoms with Gasteiger partial charge >= 0.3 is 0 Å². The maximum Gasteiger partial charge on any atom is 0.0319 e. The minimum absolute atomic E-state index is 0.435. The minimum atomic E-state index is 0.435. The number of aliphatic hydroxyl groups is 1. The van der Waals surface area contributed by atoms with Crippen LogP contribution in [0.5, 0.6) is 0 Å². The van der Waals surface area contributed by atoms with Crippen LogP contribution in [0.4, 0.5) is 0 Å². The van der Waals surface area contributed by atoms with Crippen LogP contribution in [0.2, 0.25) is 0 Å². The average Bonchev–Trinajstić information content (AvgIpc) is 2.13. The minimum Gasteiger partial charge on any atom is -0.400 e. The summed E-state index contributed by atoms with van der Waals surface area (Å²) in [6.07, 6.45) is 5.44.